The molecule has 1 aliphatic heterocycles. The number of piperazine rings is 1. The van der Waals surface area contributed by atoms with Gasteiger partial charge in [0.2, 0.25) is 5.91 Å². The number of halogens is 2. The number of benzene rings is 2. The molecule has 39 heavy (non-hydrogen) atoms. The van der Waals surface area contributed by atoms with Crippen LogP contribution in [-0.4, -0.2) is 51.0 Å². The van der Waals surface area contributed by atoms with Gasteiger partial charge in [0.15, 0.2) is 0 Å². The minimum atomic E-state index is -0.503. The summed E-state index contributed by atoms with van der Waals surface area (Å²) in [4.78, 5) is 38.9. The summed E-state index contributed by atoms with van der Waals surface area (Å²) < 4.78 is 16.4. The van der Waals surface area contributed by atoms with E-state index in [0.717, 1.165) is 5.56 Å². The van der Waals surface area contributed by atoms with Crippen molar-refractivity contribution in [2.45, 2.75) is 32.7 Å². The molecule has 2 aromatic heterocycles. The van der Waals surface area contributed by atoms with Gasteiger partial charge < -0.3 is 9.80 Å². The molecule has 0 aliphatic carbocycles. The van der Waals surface area contributed by atoms with Gasteiger partial charge in [0.25, 0.3) is 0 Å². The topological polar surface area (TPSA) is 71.3 Å². The molecule has 1 fully saturated rings. The Morgan fingerprint density at radius 2 is 1.90 bits per heavy atom. The molecule has 5 rings (SSSR count). The summed E-state index contributed by atoms with van der Waals surface area (Å²) in [7, 11) is 0. The van der Waals surface area contributed by atoms with Crippen molar-refractivity contribution in [2.75, 3.05) is 24.5 Å². The second kappa shape index (κ2) is 10.6. The summed E-state index contributed by atoms with van der Waals surface area (Å²) in [6, 6.07) is 13.5. The molecule has 7 nitrogen and oxygen atoms in total. The van der Waals surface area contributed by atoms with Crippen molar-refractivity contribution in [3.05, 3.63) is 94.3 Å². The molecule has 1 atom stereocenters. The van der Waals surface area contributed by atoms with Gasteiger partial charge in [-0.2, -0.15) is 4.98 Å². The first-order chi connectivity index (χ1) is 18.7. The number of carbonyl (C=O) groups excluding carboxylic acids is 1. The van der Waals surface area contributed by atoms with Crippen molar-refractivity contribution in [3.8, 4) is 16.9 Å². The summed E-state index contributed by atoms with van der Waals surface area (Å²) in [6.07, 6.45) is 2.94. The number of amides is 1. The van der Waals surface area contributed by atoms with E-state index in [0.29, 0.717) is 58.3 Å². The van der Waals surface area contributed by atoms with Crippen LogP contribution in [0.25, 0.3) is 27.8 Å². The van der Waals surface area contributed by atoms with Gasteiger partial charge in [-0.25, -0.2) is 18.7 Å². The molecule has 2 aromatic carbocycles. The number of anilines is 1. The van der Waals surface area contributed by atoms with E-state index in [-0.39, 0.29) is 17.9 Å². The molecule has 200 valence electrons. The lowest BCUT2D eigenvalue weighted by atomic mass is 10.0. The summed E-state index contributed by atoms with van der Waals surface area (Å²) >= 11 is 6.78. The predicted molar refractivity (Wildman–Crippen MR) is 153 cm³/mol. The lowest BCUT2D eigenvalue weighted by Gasteiger charge is -2.40. The van der Waals surface area contributed by atoms with Crippen LogP contribution in [-0.2, 0) is 4.79 Å². The second-order valence-electron chi connectivity index (χ2n) is 9.98. The molecule has 1 unspecified atom stereocenters. The molecule has 0 bridgehead atoms. The van der Waals surface area contributed by atoms with E-state index in [1.54, 1.807) is 41.4 Å². The molecular formula is C30H29ClFN5O2. The van der Waals surface area contributed by atoms with Crippen molar-refractivity contribution in [3.63, 3.8) is 0 Å². The third-order valence-corrected chi connectivity index (χ3v) is 7.47. The normalized spacial score (nSPS) is 15.7. The zero-order valence-electron chi connectivity index (χ0n) is 22.1. The third kappa shape index (κ3) is 4.81. The molecular weight excluding hydrogens is 517 g/mol. The van der Waals surface area contributed by atoms with Crippen molar-refractivity contribution in [2.24, 2.45) is 0 Å². The first-order valence-electron chi connectivity index (χ1n) is 12.9. The van der Waals surface area contributed by atoms with Gasteiger partial charge in [0.1, 0.15) is 17.5 Å². The predicted octanol–water partition coefficient (Wildman–Crippen LogP) is 5.59. The van der Waals surface area contributed by atoms with Crippen LogP contribution in [0.4, 0.5) is 10.2 Å². The van der Waals surface area contributed by atoms with Crippen LogP contribution < -0.4 is 10.6 Å². The quantitative estimate of drug-likeness (QED) is 0.306. The van der Waals surface area contributed by atoms with Gasteiger partial charge in [-0.1, -0.05) is 56.3 Å². The van der Waals surface area contributed by atoms with Crippen LogP contribution >= 0.6 is 11.6 Å². The Labute approximate surface area is 231 Å². The van der Waals surface area contributed by atoms with Crippen LogP contribution in [0.5, 0.6) is 0 Å². The van der Waals surface area contributed by atoms with E-state index < -0.39 is 11.5 Å². The highest BCUT2D eigenvalue weighted by molar-refractivity contribution is 6.34. The molecule has 3 heterocycles. The number of hydrogen-bond acceptors (Lipinski definition) is 5. The molecule has 0 saturated carbocycles. The molecule has 1 amide bonds. The van der Waals surface area contributed by atoms with Gasteiger partial charge in [0.05, 0.1) is 5.52 Å². The van der Waals surface area contributed by atoms with E-state index in [1.165, 1.54) is 16.7 Å². The molecule has 0 radical (unpaired) electrons. The highest BCUT2D eigenvalue weighted by atomic mass is 35.5. The summed E-state index contributed by atoms with van der Waals surface area (Å²) in [5, 5.41) is 0.967. The third-order valence-electron chi connectivity index (χ3n) is 7.16. The van der Waals surface area contributed by atoms with Gasteiger partial charge in [0, 0.05) is 53.4 Å². The maximum Gasteiger partial charge on any atom is 0.355 e. The highest BCUT2D eigenvalue weighted by Crippen LogP contribution is 2.37. The van der Waals surface area contributed by atoms with Crippen LogP contribution in [0.3, 0.4) is 0 Å². The van der Waals surface area contributed by atoms with Crippen molar-refractivity contribution < 1.29 is 9.18 Å². The fourth-order valence-electron chi connectivity index (χ4n) is 5.19. The van der Waals surface area contributed by atoms with E-state index in [9.17, 15) is 14.0 Å². The van der Waals surface area contributed by atoms with Crippen LogP contribution in [0.2, 0.25) is 5.02 Å². The molecule has 0 spiro atoms. The van der Waals surface area contributed by atoms with Gasteiger partial charge >= 0.3 is 5.69 Å². The zero-order valence-corrected chi connectivity index (χ0v) is 22.8. The largest absolute Gasteiger partial charge is 0.355 e. The van der Waals surface area contributed by atoms with Crippen molar-refractivity contribution in [1.29, 1.82) is 0 Å². The average Bonchev–Trinajstić information content (AvgIpc) is 2.92. The van der Waals surface area contributed by atoms with Crippen molar-refractivity contribution in [1.82, 2.24) is 19.4 Å². The van der Waals surface area contributed by atoms with Crippen LogP contribution in [0, 0.1) is 5.82 Å². The average molecular weight is 546 g/mol. The monoisotopic (exact) mass is 545 g/mol. The summed E-state index contributed by atoms with van der Waals surface area (Å²) in [5.41, 5.74) is 1.69. The zero-order chi connectivity index (χ0) is 27.8. The molecule has 1 saturated heterocycles. The Hall–Kier alpha value is -4.04. The Morgan fingerprint density at radius 1 is 1.13 bits per heavy atom. The van der Waals surface area contributed by atoms with E-state index >= 15 is 0 Å². The van der Waals surface area contributed by atoms with Crippen molar-refractivity contribution >= 4 is 34.2 Å². The minimum Gasteiger partial charge on any atom is -0.350 e. The fourth-order valence-corrected chi connectivity index (χ4v) is 5.45. The summed E-state index contributed by atoms with van der Waals surface area (Å²) in [6.45, 7) is 11.0. The van der Waals surface area contributed by atoms with E-state index in [1.807, 2.05) is 37.8 Å². The Bertz CT molecular complexity index is 1650. The Morgan fingerprint density at radius 3 is 2.59 bits per heavy atom. The number of nitrogens with zero attached hydrogens (tertiary/aromatic N) is 5. The number of hydrogen-bond donors (Lipinski definition) is 0. The highest BCUT2D eigenvalue weighted by Gasteiger charge is 2.30. The maximum atomic E-state index is 14.9. The lowest BCUT2D eigenvalue weighted by molar-refractivity contribution is -0.126. The minimum absolute atomic E-state index is 0.0872. The van der Waals surface area contributed by atoms with Gasteiger partial charge in [-0.05, 0) is 48.7 Å². The number of pyridine rings is 1. The first kappa shape index (κ1) is 26.6. The summed E-state index contributed by atoms with van der Waals surface area (Å²) in [5.74, 6) is 0.471. The first-order valence-corrected chi connectivity index (χ1v) is 13.2. The molecule has 0 N–H and O–H groups in total. The number of fused-ring (bicyclic) bond motifs is 1. The van der Waals surface area contributed by atoms with E-state index in [2.05, 4.69) is 16.5 Å². The van der Waals surface area contributed by atoms with Gasteiger partial charge in [-0.15, -0.1) is 0 Å². The SMILES string of the molecule is C=CC(=O)N1CCN(c2nc(=O)n(-c3ncccc3C(C)C)c3cc(-c4ccccc4F)c(Cl)cc23)C(C)C1. The lowest BCUT2D eigenvalue weighted by Crippen LogP contribution is -2.54. The molecule has 1 aliphatic rings. The Kier molecular flexibility index (Phi) is 7.23. The Balaban J connectivity index is 1.78. The number of aromatic nitrogens is 3. The standard InChI is InChI=1S/C30H29ClFN5O2/c1-5-27(38)35-13-14-36(19(4)17-35)29-23-15-24(31)22(21-9-6-7-11-25(21)32)16-26(23)37(30(39)34-29)28-20(18(2)3)10-8-12-33-28/h5-12,15-16,18-19H,1,13-14,17H2,2-4H3. The van der Waals surface area contributed by atoms with Crippen LogP contribution in [0.1, 0.15) is 32.3 Å². The maximum absolute atomic E-state index is 14.9. The van der Waals surface area contributed by atoms with E-state index in [4.69, 9.17) is 11.6 Å². The molecule has 9 heteroatoms. The number of rotatable bonds is 5. The smallest absolute Gasteiger partial charge is 0.350 e. The van der Waals surface area contributed by atoms with Gasteiger partial charge in [-0.3, -0.25) is 4.79 Å². The molecule has 4 aromatic rings. The number of carbonyl (C=O) groups is 1. The second-order valence-corrected chi connectivity index (χ2v) is 10.4. The van der Waals surface area contributed by atoms with Crippen LogP contribution in [0.15, 0.2) is 72.2 Å². The fraction of sp³-hybridized carbons (Fsp3) is 0.267.